The zero-order valence-corrected chi connectivity index (χ0v) is 34.7. The lowest BCUT2D eigenvalue weighted by atomic mass is 9.89. The summed E-state index contributed by atoms with van der Waals surface area (Å²) >= 11 is 4.04. The van der Waals surface area contributed by atoms with E-state index < -0.39 is 57.2 Å². The highest BCUT2D eigenvalue weighted by atomic mass is 35.5. The maximum absolute atomic E-state index is 17.1. The van der Waals surface area contributed by atoms with Crippen molar-refractivity contribution in [3.63, 3.8) is 0 Å². The van der Waals surface area contributed by atoms with E-state index in [4.69, 9.17) is 9.97 Å². The summed E-state index contributed by atoms with van der Waals surface area (Å²) in [7, 11) is 0. The monoisotopic (exact) mass is 948 g/mol. The van der Waals surface area contributed by atoms with Crippen molar-refractivity contribution in [3.05, 3.63) is 168 Å². The minimum atomic E-state index is -7.90. The molecular weight excluding hydrogens is 920 g/mol. The number of rotatable bonds is 10. The molecule has 7 aromatic rings. The fraction of sp³-hybridized carbons (Fsp3) is 0.120. The molecule has 0 spiro atoms. The summed E-state index contributed by atoms with van der Waals surface area (Å²) in [4.78, 5) is 15.8. The molecule has 0 atom stereocenters. The van der Waals surface area contributed by atoms with Crippen LogP contribution in [0.5, 0.6) is 0 Å². The molecule has 0 unspecified atom stereocenters. The van der Waals surface area contributed by atoms with Crippen molar-refractivity contribution in [2.75, 3.05) is 0 Å². The third-order valence-electron chi connectivity index (χ3n) is 11.4. The van der Waals surface area contributed by atoms with Gasteiger partial charge in [0.05, 0.1) is 33.9 Å². The fourth-order valence-electron chi connectivity index (χ4n) is 8.10. The van der Waals surface area contributed by atoms with Crippen LogP contribution in [0, 0.1) is 0 Å². The lowest BCUT2D eigenvalue weighted by Gasteiger charge is -2.40. The van der Waals surface area contributed by atoms with Gasteiger partial charge in [0.15, 0.2) is 0 Å². The first-order valence-electron chi connectivity index (χ1n) is 20.1. The molecule has 2 aliphatic rings. The van der Waals surface area contributed by atoms with E-state index in [-0.39, 0.29) is 33.6 Å². The van der Waals surface area contributed by atoms with Gasteiger partial charge in [-0.1, -0.05) is 121 Å². The van der Waals surface area contributed by atoms with Crippen LogP contribution in [0.3, 0.4) is 0 Å². The van der Waals surface area contributed by atoms with Crippen LogP contribution in [-0.2, 0) is 5.92 Å². The third-order valence-corrected chi connectivity index (χ3v) is 11.6. The first kappa shape index (κ1) is 45.1. The van der Waals surface area contributed by atoms with Crippen molar-refractivity contribution in [1.29, 1.82) is 0 Å². The molecular formula is C50H29ClF12N4. The van der Waals surface area contributed by atoms with Crippen LogP contribution in [0.15, 0.2) is 140 Å². The molecule has 4 aromatic carbocycles. The Bertz CT molecular complexity index is 3250. The van der Waals surface area contributed by atoms with Crippen LogP contribution in [0.25, 0.3) is 90.9 Å². The zero-order valence-electron chi connectivity index (χ0n) is 33.9. The topological polar surface area (TPSA) is 57.4 Å². The highest BCUT2D eigenvalue weighted by molar-refractivity contribution is 6.22. The Morgan fingerprint density at radius 1 is 0.358 bits per heavy atom. The summed E-state index contributed by atoms with van der Waals surface area (Å²) in [5, 5.41) is -6.60. The van der Waals surface area contributed by atoms with Gasteiger partial charge in [0.1, 0.15) is 0 Å². The van der Waals surface area contributed by atoms with Crippen LogP contribution < -0.4 is 0 Å². The predicted octanol–water partition coefficient (Wildman–Crippen LogP) is 15.8. The van der Waals surface area contributed by atoms with Gasteiger partial charge in [0.2, 0.25) is 0 Å². The highest BCUT2D eigenvalue weighted by Crippen LogP contribution is 2.63. The Morgan fingerprint density at radius 2 is 0.716 bits per heavy atom. The molecule has 8 bridgehead atoms. The second kappa shape index (κ2) is 16.1. The standard InChI is InChI=1S/C50H29ClF12N4/c51-50(62,63)49(60,61)48(58,59)47(56,57)46(54,55)45(52,53)32-27-39-42(30-17-9-3-10-18-30)37-24-23-35(65-37)40(28-13-5-1-6-14-28)33-21-22-34(64-33)41(29-15-7-2-8-16-29)36-25-26-38(66-36)43(44(32)67-39)31-19-11-4-12-20-31/h1-27,65,67H. The van der Waals surface area contributed by atoms with E-state index in [9.17, 15) is 26.3 Å². The molecule has 17 heteroatoms. The second-order valence-electron chi connectivity index (χ2n) is 15.5. The molecule has 0 amide bonds. The van der Waals surface area contributed by atoms with Gasteiger partial charge >= 0.3 is 35.0 Å². The van der Waals surface area contributed by atoms with Crippen LogP contribution in [-0.4, -0.2) is 49.0 Å². The number of alkyl halides is 13. The quantitative estimate of drug-likeness (QED) is 0.106. The van der Waals surface area contributed by atoms with Crippen molar-refractivity contribution in [3.8, 4) is 44.5 Å². The van der Waals surface area contributed by atoms with Crippen molar-refractivity contribution >= 4 is 58.0 Å². The maximum atomic E-state index is 17.1. The molecule has 4 nitrogen and oxygen atoms in total. The van der Waals surface area contributed by atoms with Gasteiger partial charge in [-0.15, -0.1) is 0 Å². The summed E-state index contributed by atoms with van der Waals surface area (Å²) in [6.45, 7) is 0. The lowest BCUT2D eigenvalue weighted by molar-refractivity contribution is -0.419. The van der Waals surface area contributed by atoms with Gasteiger partial charge < -0.3 is 9.97 Å². The Hall–Kier alpha value is -7.07. The summed E-state index contributed by atoms with van der Waals surface area (Å²) in [6, 6.07) is 35.9. The number of aromatic amines is 2. The molecule has 0 saturated heterocycles. The molecule has 0 radical (unpaired) electrons. The number of hydrogen-bond acceptors (Lipinski definition) is 2. The van der Waals surface area contributed by atoms with E-state index >= 15 is 26.3 Å². The van der Waals surface area contributed by atoms with E-state index in [0.29, 0.717) is 45.2 Å². The van der Waals surface area contributed by atoms with Crippen LogP contribution in [0.4, 0.5) is 52.7 Å². The number of nitrogens with one attached hydrogen (secondary N) is 2. The fourth-order valence-corrected chi connectivity index (χ4v) is 8.22. The summed E-state index contributed by atoms with van der Waals surface area (Å²) < 4.78 is 183. The van der Waals surface area contributed by atoms with E-state index in [1.165, 1.54) is 60.7 Å². The molecule has 0 fully saturated rings. The van der Waals surface area contributed by atoms with Crippen molar-refractivity contribution in [2.24, 2.45) is 0 Å². The lowest BCUT2D eigenvalue weighted by Crippen LogP contribution is -2.69. The van der Waals surface area contributed by atoms with Crippen molar-refractivity contribution in [2.45, 2.75) is 35.0 Å². The Labute approximate surface area is 377 Å². The van der Waals surface area contributed by atoms with Crippen molar-refractivity contribution in [1.82, 2.24) is 19.9 Å². The molecule has 0 aliphatic carbocycles. The summed E-state index contributed by atoms with van der Waals surface area (Å²) in [5.74, 6) is -37.4. The van der Waals surface area contributed by atoms with Crippen LogP contribution in [0.2, 0.25) is 0 Å². The molecule has 67 heavy (non-hydrogen) atoms. The zero-order chi connectivity index (χ0) is 47.7. The van der Waals surface area contributed by atoms with Gasteiger partial charge in [-0.3, -0.25) is 0 Å². The number of halogens is 13. The van der Waals surface area contributed by atoms with E-state index in [0.717, 1.165) is 0 Å². The van der Waals surface area contributed by atoms with Crippen LogP contribution >= 0.6 is 11.6 Å². The Morgan fingerprint density at radius 3 is 1.16 bits per heavy atom. The molecule has 340 valence electrons. The van der Waals surface area contributed by atoms with E-state index in [1.807, 2.05) is 12.1 Å². The Balaban J connectivity index is 1.50. The predicted molar refractivity (Wildman–Crippen MR) is 235 cm³/mol. The normalized spacial score (nSPS) is 13.6. The third kappa shape index (κ3) is 7.19. The maximum Gasteiger partial charge on any atom is 0.393 e. The largest absolute Gasteiger partial charge is 0.393 e. The molecule has 2 aliphatic heterocycles. The minimum Gasteiger partial charge on any atom is -0.354 e. The number of benzene rings is 4. The summed E-state index contributed by atoms with van der Waals surface area (Å²) in [6.07, 6.45) is 6.31. The first-order chi connectivity index (χ1) is 31.7. The van der Waals surface area contributed by atoms with Gasteiger partial charge in [-0.2, -0.15) is 52.7 Å². The van der Waals surface area contributed by atoms with Crippen LogP contribution in [0.1, 0.15) is 28.3 Å². The number of aromatic nitrogens is 4. The van der Waals surface area contributed by atoms with Crippen molar-refractivity contribution < 1.29 is 52.7 Å². The molecule has 3 aromatic heterocycles. The highest BCUT2D eigenvalue weighted by Gasteiger charge is 2.90. The molecule has 5 heterocycles. The smallest absolute Gasteiger partial charge is 0.354 e. The first-order valence-corrected chi connectivity index (χ1v) is 20.4. The van der Waals surface area contributed by atoms with E-state index in [2.05, 4.69) is 21.6 Å². The molecule has 9 rings (SSSR count). The number of H-pyrrole nitrogens is 2. The second-order valence-corrected chi connectivity index (χ2v) is 16.0. The van der Waals surface area contributed by atoms with Gasteiger partial charge in [0, 0.05) is 38.8 Å². The Kier molecular flexibility index (Phi) is 10.8. The average Bonchev–Trinajstić information content (AvgIpc) is 4.15. The minimum absolute atomic E-state index is 0.0482. The van der Waals surface area contributed by atoms with E-state index in [1.54, 1.807) is 84.9 Å². The van der Waals surface area contributed by atoms with Gasteiger partial charge in [0.25, 0.3) is 0 Å². The SMILES string of the molecule is FC(F)(Cl)C(F)(F)C(F)(F)C(F)(F)C(F)(F)C(F)(F)c1cc2[nH]c1c(-c1ccccc1)c1nc(c(-c3ccccc3)c3nc(c(-c4ccccc4)c4ccc([nH]4)c2-c2ccccc2)C=C3)C=C1. The molecule has 0 saturated carbocycles. The summed E-state index contributed by atoms with van der Waals surface area (Å²) in [5.41, 5.74) is -0.562. The number of fused-ring (bicyclic) bond motifs is 8. The number of nitrogens with zero attached hydrogens (tertiary/aromatic N) is 2. The number of hydrogen-bond donors (Lipinski definition) is 2. The molecule has 2 N–H and O–H groups in total. The van der Waals surface area contributed by atoms with Gasteiger partial charge in [-0.05, 0) is 76.4 Å². The average molecular weight is 949 g/mol. The van der Waals surface area contributed by atoms with Gasteiger partial charge in [-0.25, -0.2) is 9.97 Å².